The van der Waals surface area contributed by atoms with Crippen molar-refractivity contribution in [3.8, 4) is 0 Å². The number of halogens is 3. The monoisotopic (exact) mass is 699 g/mol. The summed E-state index contributed by atoms with van der Waals surface area (Å²) in [6.07, 6.45) is 0. The molecule has 0 amide bonds. The van der Waals surface area contributed by atoms with Gasteiger partial charge in [-0.1, -0.05) is 36.4 Å². The summed E-state index contributed by atoms with van der Waals surface area (Å²) in [5, 5.41) is 0. The molecule has 1 radical (unpaired) electrons. The number of hydrogen-bond donors (Lipinski definition) is 0. The third-order valence-electron chi connectivity index (χ3n) is 3.32. The Bertz CT molecular complexity index is 1250. The van der Waals surface area contributed by atoms with Crippen LogP contribution in [0.1, 0.15) is 0 Å². The molecular weight excluding hydrogens is 686 g/mol. The molecule has 191 valence electrons. The molecule has 0 aliphatic carbocycles. The number of benzene rings is 3. The third kappa shape index (κ3) is 11.0. The van der Waals surface area contributed by atoms with Crippen molar-refractivity contribution in [3.63, 3.8) is 0 Å². The second-order valence-electron chi connectivity index (χ2n) is 5.65. The molecule has 0 N–H and O–H groups in total. The van der Waals surface area contributed by atoms with Crippen LogP contribution in [0.2, 0.25) is 0 Å². The summed E-state index contributed by atoms with van der Waals surface area (Å²) >= 11 is 0. The summed E-state index contributed by atoms with van der Waals surface area (Å²) in [6.45, 7) is 0. The molecule has 0 spiro atoms. The van der Waals surface area contributed by atoms with Gasteiger partial charge in [-0.15, -0.1) is 0 Å². The van der Waals surface area contributed by atoms with Gasteiger partial charge in [-0.2, -0.15) is 0 Å². The SMILES string of the molecule is O=S(=O)([O-])c1ccccc1F.O=S(=O)([O-])c1ccccc1F.O=S(=O)([O-])c1ccccc1F.[Yb+3]. The van der Waals surface area contributed by atoms with Crippen molar-refractivity contribution in [2.45, 2.75) is 14.7 Å². The van der Waals surface area contributed by atoms with Gasteiger partial charge in [0.05, 0.1) is 14.7 Å². The minimum atomic E-state index is -4.66. The van der Waals surface area contributed by atoms with E-state index in [9.17, 15) is 52.1 Å². The Kier molecular flexibility index (Phi) is 13.2. The maximum Gasteiger partial charge on any atom is 3.00 e. The first-order valence-electron chi connectivity index (χ1n) is 8.16. The smallest absolute Gasteiger partial charge is 0.744 e. The molecule has 0 aromatic heterocycles. The van der Waals surface area contributed by atoms with Crippen molar-refractivity contribution < 1.29 is 99.0 Å². The zero-order chi connectivity index (χ0) is 25.4. The second-order valence-corrected chi connectivity index (χ2v) is 9.70. The fraction of sp³-hybridized carbons (Fsp3) is 0. The van der Waals surface area contributed by atoms with Crippen LogP contribution in [0, 0.1) is 64.4 Å². The van der Waals surface area contributed by atoms with Crippen LogP contribution in [0.5, 0.6) is 0 Å². The molecule has 16 heteroatoms. The first kappa shape index (κ1) is 32.7. The third-order valence-corrected chi connectivity index (χ3v) is 5.93. The standard InChI is InChI=1S/3C6H5FO3S.Yb/c3*7-5-3-1-2-4-6(5)11(8,9)10;/h3*1-4H,(H,8,9,10);/q;;;+3/p-3. The maximum absolute atomic E-state index is 12.5. The first-order chi connectivity index (χ1) is 15.0. The van der Waals surface area contributed by atoms with E-state index < -0.39 is 62.5 Å². The van der Waals surface area contributed by atoms with Gasteiger partial charge in [-0.3, -0.25) is 0 Å². The minimum Gasteiger partial charge on any atom is -0.744 e. The Morgan fingerprint density at radius 1 is 0.441 bits per heavy atom. The zero-order valence-corrected chi connectivity index (χ0v) is 20.4. The van der Waals surface area contributed by atoms with Crippen molar-refractivity contribution >= 4 is 30.4 Å². The molecule has 0 aliphatic heterocycles. The minimum absolute atomic E-state index is 0. The normalized spacial score (nSPS) is 11.1. The molecule has 0 atom stereocenters. The summed E-state index contributed by atoms with van der Waals surface area (Å²) in [4.78, 5) is -2.42. The summed E-state index contributed by atoms with van der Waals surface area (Å²) in [5.41, 5.74) is 0. The van der Waals surface area contributed by atoms with Crippen molar-refractivity contribution in [1.82, 2.24) is 0 Å². The van der Waals surface area contributed by atoms with E-state index in [0.717, 1.165) is 36.4 Å². The fourth-order valence-corrected chi connectivity index (χ4v) is 3.60. The summed E-state index contributed by atoms with van der Waals surface area (Å²) < 4.78 is 130. The Labute approximate surface area is 232 Å². The largest absolute Gasteiger partial charge is 3.00 e. The first-order valence-corrected chi connectivity index (χ1v) is 12.4. The van der Waals surface area contributed by atoms with Gasteiger partial charge < -0.3 is 13.7 Å². The van der Waals surface area contributed by atoms with Gasteiger partial charge in [0.25, 0.3) is 0 Å². The van der Waals surface area contributed by atoms with Crippen LogP contribution in [0.3, 0.4) is 0 Å². The van der Waals surface area contributed by atoms with Crippen LogP contribution in [-0.4, -0.2) is 38.9 Å². The summed E-state index contributed by atoms with van der Waals surface area (Å²) in [6, 6.07) is 13.3. The zero-order valence-electron chi connectivity index (χ0n) is 16.2. The average molecular weight is 699 g/mol. The van der Waals surface area contributed by atoms with E-state index in [-0.39, 0.29) is 46.9 Å². The van der Waals surface area contributed by atoms with Crippen molar-refractivity contribution in [1.29, 1.82) is 0 Å². The molecule has 0 saturated carbocycles. The molecule has 3 aromatic rings. The van der Waals surface area contributed by atoms with Gasteiger partial charge >= 0.3 is 46.9 Å². The van der Waals surface area contributed by atoms with Gasteiger partial charge in [0.1, 0.15) is 47.8 Å². The van der Waals surface area contributed by atoms with Gasteiger partial charge in [-0.05, 0) is 36.4 Å². The molecule has 34 heavy (non-hydrogen) atoms. The molecule has 3 rings (SSSR count). The number of hydrogen-bond acceptors (Lipinski definition) is 9. The fourth-order valence-electron chi connectivity index (χ4n) is 1.94. The molecule has 0 heterocycles. The van der Waals surface area contributed by atoms with E-state index in [4.69, 9.17) is 0 Å². The Morgan fingerprint density at radius 2 is 0.618 bits per heavy atom. The molecule has 9 nitrogen and oxygen atoms in total. The van der Waals surface area contributed by atoms with Crippen LogP contribution in [0.15, 0.2) is 87.5 Å². The van der Waals surface area contributed by atoms with Gasteiger partial charge in [-0.25, -0.2) is 38.4 Å². The van der Waals surface area contributed by atoms with E-state index in [2.05, 4.69) is 0 Å². The van der Waals surface area contributed by atoms with Crippen LogP contribution in [-0.2, 0) is 30.4 Å². The predicted octanol–water partition coefficient (Wildman–Crippen LogP) is 2.19. The van der Waals surface area contributed by atoms with E-state index in [0.29, 0.717) is 0 Å². The quantitative estimate of drug-likeness (QED) is 0.372. The van der Waals surface area contributed by atoms with Crippen molar-refractivity contribution in [3.05, 3.63) is 90.2 Å². The molecule has 0 aliphatic rings. The Hall–Kier alpha value is -1.30. The van der Waals surface area contributed by atoms with E-state index >= 15 is 0 Å². The molecular formula is C18H12F3O9S3Yb. The van der Waals surface area contributed by atoms with Gasteiger partial charge in [0, 0.05) is 0 Å². The Balaban J connectivity index is 0.000000473. The Morgan fingerprint density at radius 3 is 0.735 bits per heavy atom. The van der Waals surface area contributed by atoms with Gasteiger partial charge in [0.15, 0.2) is 0 Å². The topological polar surface area (TPSA) is 172 Å². The van der Waals surface area contributed by atoms with Crippen LogP contribution in [0.25, 0.3) is 0 Å². The summed E-state index contributed by atoms with van der Waals surface area (Å²) in [5.74, 6) is -3.03. The molecule has 0 unspecified atom stereocenters. The van der Waals surface area contributed by atoms with Crippen LogP contribution < -0.4 is 0 Å². The van der Waals surface area contributed by atoms with Gasteiger partial charge in [0.2, 0.25) is 0 Å². The van der Waals surface area contributed by atoms with E-state index in [1.807, 2.05) is 0 Å². The molecule has 0 bridgehead atoms. The number of rotatable bonds is 3. The average Bonchev–Trinajstić information content (AvgIpc) is 2.67. The van der Waals surface area contributed by atoms with Crippen molar-refractivity contribution in [2.24, 2.45) is 0 Å². The molecule has 0 fully saturated rings. The van der Waals surface area contributed by atoms with Crippen LogP contribution in [0.4, 0.5) is 13.2 Å². The summed E-state index contributed by atoms with van der Waals surface area (Å²) in [7, 11) is -14.0. The van der Waals surface area contributed by atoms with E-state index in [1.165, 1.54) is 36.4 Å². The second kappa shape index (κ2) is 13.7. The van der Waals surface area contributed by atoms with Crippen LogP contribution >= 0.6 is 0 Å². The maximum atomic E-state index is 12.5. The van der Waals surface area contributed by atoms with Crippen molar-refractivity contribution in [2.75, 3.05) is 0 Å². The molecule has 0 saturated heterocycles. The molecule has 3 aromatic carbocycles. The van der Waals surface area contributed by atoms with E-state index in [1.54, 1.807) is 0 Å². The predicted molar refractivity (Wildman–Crippen MR) is 103 cm³/mol.